The van der Waals surface area contributed by atoms with Crippen LogP contribution in [0.3, 0.4) is 0 Å². The zero-order chi connectivity index (χ0) is 18.2. The van der Waals surface area contributed by atoms with Crippen LogP contribution in [0.2, 0.25) is 18.1 Å². The van der Waals surface area contributed by atoms with Gasteiger partial charge >= 0.3 is 6.09 Å². The molecular weight excluding hydrogens is 310 g/mol. The highest BCUT2D eigenvalue weighted by Gasteiger charge is 2.45. The number of amides is 2. The van der Waals surface area contributed by atoms with Crippen molar-refractivity contribution in [1.82, 2.24) is 4.90 Å². The van der Waals surface area contributed by atoms with E-state index in [0.29, 0.717) is 13.0 Å². The van der Waals surface area contributed by atoms with Crippen LogP contribution in [0.4, 0.5) is 4.79 Å². The zero-order valence-electron chi connectivity index (χ0n) is 16.1. The molecule has 0 unspecified atom stereocenters. The van der Waals surface area contributed by atoms with Gasteiger partial charge in [0.1, 0.15) is 5.60 Å². The minimum atomic E-state index is -1.93. The Bertz CT molecular complexity index is 462. The summed E-state index contributed by atoms with van der Waals surface area (Å²) < 4.78 is 11.6. The second-order valence-electron chi connectivity index (χ2n) is 9.06. The lowest BCUT2D eigenvalue weighted by Gasteiger charge is -2.38. The van der Waals surface area contributed by atoms with Gasteiger partial charge in [0.05, 0.1) is 12.6 Å². The summed E-state index contributed by atoms with van der Waals surface area (Å²) in [6.07, 6.45) is -0.194. The van der Waals surface area contributed by atoms with E-state index >= 15 is 0 Å². The van der Waals surface area contributed by atoms with Crippen molar-refractivity contribution in [2.75, 3.05) is 6.61 Å². The Morgan fingerprint density at radius 2 is 1.74 bits per heavy atom. The van der Waals surface area contributed by atoms with Gasteiger partial charge in [0.15, 0.2) is 8.32 Å². The van der Waals surface area contributed by atoms with E-state index in [2.05, 4.69) is 33.9 Å². The largest absolute Gasteiger partial charge is 0.443 e. The van der Waals surface area contributed by atoms with Gasteiger partial charge in [0.2, 0.25) is 5.91 Å². The molecule has 0 aromatic rings. The van der Waals surface area contributed by atoms with Crippen LogP contribution >= 0.6 is 0 Å². The van der Waals surface area contributed by atoms with E-state index in [9.17, 15) is 9.59 Å². The summed E-state index contributed by atoms with van der Waals surface area (Å²) >= 11 is 0. The van der Waals surface area contributed by atoms with E-state index in [0.717, 1.165) is 0 Å². The molecule has 0 aliphatic carbocycles. The third-order valence-corrected chi connectivity index (χ3v) is 9.27. The number of carbonyl (C=O) groups is 2. The SMILES string of the molecule is C[C@@H]1CC(=O)N(C(=O)OC(C)(C)C)[C@@H]1CO[Si](C)(C)C(C)(C)C. The Balaban J connectivity index is 2.86. The summed E-state index contributed by atoms with van der Waals surface area (Å²) in [5.74, 6) is -0.0876. The van der Waals surface area contributed by atoms with Crippen molar-refractivity contribution in [2.24, 2.45) is 5.92 Å². The summed E-state index contributed by atoms with van der Waals surface area (Å²) in [7, 11) is -1.93. The molecule has 23 heavy (non-hydrogen) atoms. The normalized spacial score (nSPS) is 23.3. The molecular formula is C17H33NO4Si. The highest BCUT2D eigenvalue weighted by atomic mass is 28.4. The summed E-state index contributed by atoms with van der Waals surface area (Å²) in [6.45, 7) is 18.7. The average Bonchev–Trinajstić information content (AvgIpc) is 2.57. The molecule has 134 valence electrons. The molecule has 0 spiro atoms. The van der Waals surface area contributed by atoms with Gasteiger partial charge < -0.3 is 9.16 Å². The van der Waals surface area contributed by atoms with Crippen LogP contribution in [-0.2, 0) is 14.0 Å². The summed E-state index contributed by atoms with van der Waals surface area (Å²) in [6, 6.07) is -0.244. The molecule has 0 aromatic heterocycles. The van der Waals surface area contributed by atoms with Gasteiger partial charge in [-0.25, -0.2) is 9.69 Å². The van der Waals surface area contributed by atoms with Crippen molar-refractivity contribution < 1.29 is 18.8 Å². The zero-order valence-corrected chi connectivity index (χ0v) is 17.1. The molecule has 1 fully saturated rings. The molecule has 0 aromatic carbocycles. The Morgan fingerprint density at radius 3 is 2.17 bits per heavy atom. The Kier molecular flexibility index (Phi) is 5.74. The lowest BCUT2D eigenvalue weighted by Crippen LogP contribution is -2.49. The Morgan fingerprint density at radius 1 is 1.22 bits per heavy atom. The molecule has 1 saturated heterocycles. The molecule has 1 aliphatic heterocycles. The molecule has 2 atom stereocenters. The molecule has 0 N–H and O–H groups in total. The van der Waals surface area contributed by atoms with Crippen LogP contribution in [0.25, 0.3) is 0 Å². The maximum absolute atomic E-state index is 12.4. The molecule has 1 aliphatic rings. The van der Waals surface area contributed by atoms with Gasteiger partial charge in [0.25, 0.3) is 0 Å². The fraction of sp³-hybridized carbons (Fsp3) is 0.882. The maximum atomic E-state index is 12.4. The number of imide groups is 1. The number of hydrogen-bond donors (Lipinski definition) is 0. The van der Waals surface area contributed by atoms with Crippen LogP contribution in [0.5, 0.6) is 0 Å². The van der Waals surface area contributed by atoms with Gasteiger partial charge in [0, 0.05) is 6.42 Å². The van der Waals surface area contributed by atoms with Crippen LogP contribution in [0, 0.1) is 5.92 Å². The van der Waals surface area contributed by atoms with Crippen molar-refractivity contribution in [3.8, 4) is 0 Å². The van der Waals surface area contributed by atoms with Crippen LogP contribution in [0.1, 0.15) is 54.9 Å². The van der Waals surface area contributed by atoms with Crippen molar-refractivity contribution in [3.05, 3.63) is 0 Å². The number of ether oxygens (including phenoxy) is 1. The average molecular weight is 344 g/mol. The van der Waals surface area contributed by atoms with Gasteiger partial charge in [-0.2, -0.15) is 0 Å². The summed E-state index contributed by atoms with van der Waals surface area (Å²) in [5.41, 5.74) is -0.617. The van der Waals surface area contributed by atoms with Crippen LogP contribution < -0.4 is 0 Å². The van der Waals surface area contributed by atoms with Crippen molar-refractivity contribution in [1.29, 1.82) is 0 Å². The summed E-state index contributed by atoms with van der Waals surface area (Å²) in [5, 5.41) is 0.0929. The number of hydrogen-bond acceptors (Lipinski definition) is 4. The minimum absolute atomic E-state index is 0.0831. The number of carbonyl (C=O) groups excluding carboxylic acids is 2. The van der Waals surface area contributed by atoms with Crippen molar-refractivity contribution >= 4 is 20.3 Å². The molecule has 0 bridgehead atoms. The van der Waals surface area contributed by atoms with Gasteiger partial charge in [-0.15, -0.1) is 0 Å². The van der Waals surface area contributed by atoms with E-state index in [-0.39, 0.29) is 22.9 Å². The fourth-order valence-electron chi connectivity index (χ4n) is 2.25. The third-order valence-electron chi connectivity index (χ3n) is 4.77. The molecule has 0 radical (unpaired) electrons. The van der Waals surface area contributed by atoms with E-state index in [1.54, 1.807) is 20.8 Å². The third kappa shape index (κ3) is 5.04. The first-order chi connectivity index (χ1) is 10.2. The lowest BCUT2D eigenvalue weighted by atomic mass is 10.0. The van der Waals surface area contributed by atoms with Gasteiger partial charge in [-0.05, 0) is 44.8 Å². The first-order valence-electron chi connectivity index (χ1n) is 8.35. The topological polar surface area (TPSA) is 55.8 Å². The number of likely N-dealkylation sites (tertiary alicyclic amines) is 1. The molecule has 1 rings (SSSR count). The standard InChI is InChI=1S/C17H33NO4Si/c1-12-10-14(19)18(15(20)22-16(2,3)4)13(12)11-21-23(8,9)17(5,6)7/h12-13H,10-11H2,1-9H3/t12-,13-/m1/s1. The molecule has 2 amide bonds. The van der Waals surface area contributed by atoms with Crippen LogP contribution in [0.15, 0.2) is 0 Å². The highest BCUT2D eigenvalue weighted by Crippen LogP contribution is 2.37. The number of nitrogens with zero attached hydrogens (tertiary/aromatic N) is 1. The van der Waals surface area contributed by atoms with Gasteiger partial charge in [-0.3, -0.25) is 4.79 Å². The molecule has 1 heterocycles. The van der Waals surface area contributed by atoms with Crippen molar-refractivity contribution in [3.63, 3.8) is 0 Å². The monoisotopic (exact) mass is 343 g/mol. The van der Waals surface area contributed by atoms with Crippen molar-refractivity contribution in [2.45, 2.75) is 84.7 Å². The first-order valence-corrected chi connectivity index (χ1v) is 11.3. The molecule has 0 saturated carbocycles. The first kappa shape index (κ1) is 20.2. The summed E-state index contributed by atoms with van der Waals surface area (Å²) in [4.78, 5) is 25.9. The maximum Gasteiger partial charge on any atom is 0.417 e. The Labute approximate surface area is 141 Å². The fourth-order valence-corrected chi connectivity index (χ4v) is 3.27. The second-order valence-corrected chi connectivity index (χ2v) is 13.9. The van der Waals surface area contributed by atoms with E-state index < -0.39 is 20.0 Å². The molecule has 5 nitrogen and oxygen atoms in total. The van der Waals surface area contributed by atoms with E-state index in [1.165, 1.54) is 4.90 Å². The minimum Gasteiger partial charge on any atom is -0.443 e. The Hall–Kier alpha value is -0.883. The van der Waals surface area contributed by atoms with E-state index in [1.807, 2.05) is 6.92 Å². The predicted molar refractivity (Wildman–Crippen MR) is 93.8 cm³/mol. The number of rotatable bonds is 3. The van der Waals surface area contributed by atoms with Crippen LogP contribution in [-0.4, -0.2) is 43.5 Å². The predicted octanol–water partition coefficient (Wildman–Crippen LogP) is 4.18. The lowest BCUT2D eigenvalue weighted by molar-refractivity contribution is -0.128. The second kappa shape index (κ2) is 6.55. The quantitative estimate of drug-likeness (QED) is 0.721. The molecule has 6 heteroatoms. The van der Waals surface area contributed by atoms with E-state index in [4.69, 9.17) is 9.16 Å². The smallest absolute Gasteiger partial charge is 0.417 e. The highest BCUT2D eigenvalue weighted by molar-refractivity contribution is 6.74. The van der Waals surface area contributed by atoms with Gasteiger partial charge in [-0.1, -0.05) is 27.7 Å².